The number of benzene rings is 2. The van der Waals surface area contributed by atoms with E-state index in [4.69, 9.17) is 9.47 Å². The van der Waals surface area contributed by atoms with E-state index in [-0.39, 0.29) is 11.4 Å². The third kappa shape index (κ3) is 6.00. The van der Waals surface area contributed by atoms with Gasteiger partial charge in [-0.25, -0.2) is 4.98 Å². The van der Waals surface area contributed by atoms with Gasteiger partial charge in [-0.05, 0) is 35.9 Å². The number of carbonyl (C=O) groups is 3. The maximum absolute atomic E-state index is 12.8. The number of amides is 2. The molecule has 0 aliphatic rings. The molecule has 31 heavy (non-hydrogen) atoms. The lowest BCUT2D eigenvalue weighted by Crippen LogP contribution is -2.30. The van der Waals surface area contributed by atoms with Crippen molar-refractivity contribution in [3.05, 3.63) is 76.9 Å². The molecule has 0 saturated carbocycles. The maximum atomic E-state index is 12.8. The molecule has 1 heterocycles. The number of thiazole rings is 1. The second-order valence-corrected chi connectivity index (χ2v) is 7.07. The van der Waals surface area contributed by atoms with Crippen LogP contribution in [0.5, 0.6) is 11.5 Å². The topological polar surface area (TPSA) is 107 Å². The number of anilines is 1. The normalized spacial score (nSPS) is 10.8. The summed E-state index contributed by atoms with van der Waals surface area (Å²) in [4.78, 5) is 40.7. The number of carbonyl (C=O) groups excluding carboxylic acids is 3. The van der Waals surface area contributed by atoms with Crippen molar-refractivity contribution in [3.63, 3.8) is 0 Å². The minimum atomic E-state index is -0.540. The van der Waals surface area contributed by atoms with Crippen molar-refractivity contribution in [3.8, 4) is 11.5 Å². The molecule has 0 unspecified atom stereocenters. The maximum Gasteiger partial charge on any atom is 0.308 e. The van der Waals surface area contributed by atoms with E-state index in [0.717, 1.165) is 0 Å². The molecular weight excluding hydrogens is 418 g/mol. The summed E-state index contributed by atoms with van der Waals surface area (Å²) in [5.41, 5.74) is 0.954. The van der Waals surface area contributed by atoms with Crippen molar-refractivity contribution in [1.29, 1.82) is 0 Å². The third-order valence-electron chi connectivity index (χ3n) is 3.93. The van der Waals surface area contributed by atoms with E-state index < -0.39 is 17.8 Å². The Morgan fingerprint density at radius 3 is 2.48 bits per heavy atom. The smallest absolute Gasteiger partial charge is 0.308 e. The van der Waals surface area contributed by atoms with Gasteiger partial charge in [-0.1, -0.05) is 24.3 Å². The fourth-order valence-electron chi connectivity index (χ4n) is 2.57. The molecule has 0 aliphatic heterocycles. The first-order valence-electron chi connectivity index (χ1n) is 9.11. The van der Waals surface area contributed by atoms with Crippen molar-refractivity contribution in [2.45, 2.75) is 6.92 Å². The number of ether oxygens (including phenoxy) is 2. The lowest BCUT2D eigenvalue weighted by molar-refractivity contribution is -0.132. The van der Waals surface area contributed by atoms with E-state index >= 15 is 0 Å². The molecule has 0 aliphatic carbocycles. The standard InChI is InChI=1S/C22H19N3O5S/c1-14(26)30-18-9-8-15(13-19(18)29-2)12-17(21(28)25-22-23-10-11-31-22)24-20(27)16-6-4-3-5-7-16/h3-13H,1-2H3,(H,24,27)(H,23,25,28)/b17-12+. The Balaban J connectivity index is 1.92. The number of esters is 1. The van der Waals surface area contributed by atoms with E-state index in [9.17, 15) is 14.4 Å². The number of methoxy groups -OCH3 is 1. The van der Waals surface area contributed by atoms with Crippen LogP contribution in [0.2, 0.25) is 0 Å². The van der Waals surface area contributed by atoms with Crippen LogP contribution >= 0.6 is 11.3 Å². The molecule has 0 fully saturated rings. The Bertz CT molecular complexity index is 1110. The van der Waals surface area contributed by atoms with Gasteiger partial charge in [0.2, 0.25) is 0 Å². The van der Waals surface area contributed by atoms with Crippen LogP contribution in [0.25, 0.3) is 6.08 Å². The van der Waals surface area contributed by atoms with Gasteiger partial charge in [0.1, 0.15) is 5.70 Å². The van der Waals surface area contributed by atoms with Gasteiger partial charge in [-0.15, -0.1) is 11.3 Å². The first kappa shape index (κ1) is 21.7. The lowest BCUT2D eigenvalue weighted by atomic mass is 10.1. The third-order valence-corrected chi connectivity index (χ3v) is 4.62. The molecule has 0 spiro atoms. The molecule has 3 aromatic rings. The van der Waals surface area contributed by atoms with Crippen LogP contribution in [0.3, 0.4) is 0 Å². The minimum Gasteiger partial charge on any atom is -0.493 e. The second-order valence-electron chi connectivity index (χ2n) is 6.17. The number of aromatic nitrogens is 1. The van der Waals surface area contributed by atoms with E-state index in [2.05, 4.69) is 15.6 Å². The highest BCUT2D eigenvalue weighted by molar-refractivity contribution is 7.13. The number of nitrogens with one attached hydrogen (secondary N) is 2. The number of rotatable bonds is 7. The van der Waals surface area contributed by atoms with Crippen molar-refractivity contribution >= 4 is 40.3 Å². The van der Waals surface area contributed by atoms with Crippen LogP contribution in [-0.2, 0) is 9.59 Å². The number of hydrogen-bond donors (Lipinski definition) is 2. The summed E-state index contributed by atoms with van der Waals surface area (Å²) < 4.78 is 10.4. The van der Waals surface area contributed by atoms with Crippen LogP contribution in [0.15, 0.2) is 65.8 Å². The van der Waals surface area contributed by atoms with Crippen molar-refractivity contribution in [1.82, 2.24) is 10.3 Å². The van der Waals surface area contributed by atoms with Gasteiger partial charge in [0.15, 0.2) is 16.6 Å². The predicted molar refractivity (Wildman–Crippen MR) is 117 cm³/mol. The Labute approximate surface area is 182 Å². The van der Waals surface area contributed by atoms with Crippen LogP contribution in [-0.4, -0.2) is 29.9 Å². The Morgan fingerprint density at radius 2 is 1.84 bits per heavy atom. The highest BCUT2D eigenvalue weighted by atomic mass is 32.1. The molecule has 1 aromatic heterocycles. The Kier molecular flexibility index (Phi) is 7.13. The van der Waals surface area contributed by atoms with E-state index in [1.807, 2.05) is 0 Å². The fraction of sp³-hybridized carbons (Fsp3) is 0.0909. The SMILES string of the molecule is COc1cc(/C=C(/NC(=O)c2ccccc2)C(=O)Nc2nccs2)ccc1OC(C)=O. The molecule has 2 amide bonds. The van der Waals surface area contributed by atoms with Crippen molar-refractivity contribution < 1.29 is 23.9 Å². The predicted octanol–water partition coefficient (Wildman–Crippen LogP) is 3.49. The Morgan fingerprint density at radius 1 is 1.06 bits per heavy atom. The average molecular weight is 437 g/mol. The summed E-state index contributed by atoms with van der Waals surface area (Å²) in [5, 5.41) is 7.41. The van der Waals surface area contributed by atoms with E-state index in [0.29, 0.717) is 22.0 Å². The highest BCUT2D eigenvalue weighted by Gasteiger charge is 2.16. The molecule has 8 nitrogen and oxygen atoms in total. The molecule has 2 N–H and O–H groups in total. The minimum absolute atomic E-state index is 0.00587. The lowest BCUT2D eigenvalue weighted by Gasteiger charge is -2.11. The van der Waals surface area contributed by atoms with Gasteiger partial charge < -0.3 is 14.8 Å². The molecule has 0 saturated heterocycles. The monoisotopic (exact) mass is 437 g/mol. The molecule has 0 bridgehead atoms. The highest BCUT2D eigenvalue weighted by Crippen LogP contribution is 2.29. The largest absolute Gasteiger partial charge is 0.493 e. The molecule has 2 aromatic carbocycles. The van der Waals surface area contributed by atoms with Gasteiger partial charge >= 0.3 is 5.97 Å². The summed E-state index contributed by atoms with van der Waals surface area (Å²) in [6.07, 6.45) is 3.05. The van der Waals surface area contributed by atoms with Gasteiger partial charge in [0, 0.05) is 24.1 Å². The molecule has 0 atom stereocenters. The van der Waals surface area contributed by atoms with Gasteiger partial charge in [0.25, 0.3) is 11.8 Å². The first-order valence-corrected chi connectivity index (χ1v) is 9.99. The number of nitrogens with zero attached hydrogens (tertiary/aromatic N) is 1. The molecule has 0 radical (unpaired) electrons. The van der Waals surface area contributed by atoms with E-state index in [1.165, 1.54) is 31.4 Å². The fourth-order valence-corrected chi connectivity index (χ4v) is 3.10. The van der Waals surface area contributed by atoms with Crippen LogP contribution in [0.1, 0.15) is 22.8 Å². The summed E-state index contributed by atoms with van der Waals surface area (Å²) in [6, 6.07) is 13.3. The van der Waals surface area contributed by atoms with Crippen LogP contribution < -0.4 is 20.1 Å². The van der Waals surface area contributed by atoms with Gasteiger partial charge in [-0.3, -0.25) is 19.7 Å². The zero-order valence-corrected chi connectivity index (χ0v) is 17.6. The quantitative estimate of drug-likeness (QED) is 0.333. The Hall–Kier alpha value is -3.98. The molecule has 158 valence electrons. The summed E-state index contributed by atoms with van der Waals surface area (Å²) in [5.74, 6) is -0.917. The van der Waals surface area contributed by atoms with Gasteiger partial charge in [0.05, 0.1) is 7.11 Å². The molecule has 3 rings (SSSR count). The van der Waals surface area contributed by atoms with Crippen LogP contribution in [0.4, 0.5) is 5.13 Å². The molecule has 9 heteroatoms. The van der Waals surface area contributed by atoms with E-state index in [1.54, 1.807) is 60.1 Å². The molecular formula is C22H19N3O5S. The van der Waals surface area contributed by atoms with Crippen LogP contribution in [0, 0.1) is 0 Å². The summed E-state index contributed by atoms with van der Waals surface area (Å²) in [6.45, 7) is 1.29. The first-order chi connectivity index (χ1) is 15.0. The summed E-state index contributed by atoms with van der Waals surface area (Å²) >= 11 is 1.25. The van der Waals surface area contributed by atoms with Gasteiger partial charge in [-0.2, -0.15) is 0 Å². The second kappa shape index (κ2) is 10.2. The van der Waals surface area contributed by atoms with Crippen molar-refractivity contribution in [2.24, 2.45) is 0 Å². The number of hydrogen-bond acceptors (Lipinski definition) is 7. The average Bonchev–Trinajstić information content (AvgIpc) is 3.27. The zero-order valence-electron chi connectivity index (χ0n) is 16.7. The van der Waals surface area contributed by atoms with Crippen molar-refractivity contribution in [2.75, 3.05) is 12.4 Å². The summed E-state index contributed by atoms with van der Waals surface area (Å²) in [7, 11) is 1.43. The zero-order chi connectivity index (χ0) is 22.2.